The summed E-state index contributed by atoms with van der Waals surface area (Å²) in [5.41, 5.74) is 6.32. The van der Waals surface area contributed by atoms with Crippen LogP contribution in [0.1, 0.15) is 19.5 Å². The number of aryl methyl sites for hydroxylation is 1. The number of hydrogen-bond donors (Lipinski definition) is 2. The number of amides is 1. The first-order valence-corrected chi connectivity index (χ1v) is 7.10. The summed E-state index contributed by atoms with van der Waals surface area (Å²) in [6, 6.07) is -0.457. The van der Waals surface area contributed by atoms with Crippen molar-refractivity contribution in [2.45, 2.75) is 31.2 Å². The zero-order valence-electron chi connectivity index (χ0n) is 10.2. The third kappa shape index (κ3) is 2.70. The minimum atomic E-state index is -0.457. The van der Waals surface area contributed by atoms with Gasteiger partial charge in [0.25, 0.3) is 0 Å². The Labute approximate surface area is 115 Å². The molecule has 0 fully saturated rings. The molecule has 0 aliphatic carbocycles. The van der Waals surface area contributed by atoms with Crippen molar-refractivity contribution < 1.29 is 4.79 Å². The van der Waals surface area contributed by atoms with Gasteiger partial charge < -0.3 is 11.1 Å². The Kier molecular flexibility index (Phi) is 3.97. The third-order valence-electron chi connectivity index (χ3n) is 2.76. The fourth-order valence-electron chi connectivity index (χ4n) is 1.85. The van der Waals surface area contributed by atoms with Crippen LogP contribution in [-0.4, -0.2) is 27.7 Å². The Hall–Kier alpha value is -1.01. The summed E-state index contributed by atoms with van der Waals surface area (Å²) in [5, 5.41) is 3.29. The van der Waals surface area contributed by atoms with Crippen molar-refractivity contribution >= 4 is 35.1 Å². The number of halogens is 1. The van der Waals surface area contributed by atoms with Crippen molar-refractivity contribution in [1.29, 1.82) is 0 Å². The van der Waals surface area contributed by atoms with Crippen LogP contribution in [0.3, 0.4) is 0 Å². The highest BCUT2D eigenvalue weighted by atomic mass is 35.5. The predicted molar refractivity (Wildman–Crippen MR) is 72.9 cm³/mol. The molecule has 2 heterocycles. The number of nitrogens with one attached hydrogen (secondary N) is 1. The Morgan fingerprint density at radius 1 is 1.50 bits per heavy atom. The zero-order chi connectivity index (χ0) is 13.3. The molecule has 1 aliphatic rings. The maximum absolute atomic E-state index is 11.4. The second-order valence-electron chi connectivity index (χ2n) is 4.48. The molecule has 1 atom stereocenters. The molecule has 98 valence electrons. The quantitative estimate of drug-likeness (QED) is 0.824. The second kappa shape index (κ2) is 5.32. The lowest BCUT2D eigenvalue weighted by molar-refractivity contribution is -0.119. The molecule has 0 aromatic carbocycles. The van der Waals surface area contributed by atoms with Gasteiger partial charge in [0, 0.05) is 12.2 Å². The molecular formula is C11H15ClN4OS. The van der Waals surface area contributed by atoms with Crippen molar-refractivity contribution in [3.63, 3.8) is 0 Å². The van der Waals surface area contributed by atoms with Crippen LogP contribution in [-0.2, 0) is 11.2 Å². The molecule has 1 aliphatic heterocycles. The molecule has 1 amide bonds. The predicted octanol–water partition coefficient (Wildman–Crippen LogP) is 1.70. The molecule has 1 aromatic rings. The summed E-state index contributed by atoms with van der Waals surface area (Å²) < 4.78 is 0. The fraction of sp³-hybridized carbons (Fsp3) is 0.545. The van der Waals surface area contributed by atoms with Gasteiger partial charge in [-0.3, -0.25) is 4.79 Å². The largest absolute Gasteiger partial charge is 0.368 e. The molecule has 18 heavy (non-hydrogen) atoms. The number of carbonyl (C=O) groups is 1. The number of nitrogens with zero attached hydrogens (tertiary/aromatic N) is 2. The van der Waals surface area contributed by atoms with Gasteiger partial charge in [-0.05, 0) is 17.5 Å². The van der Waals surface area contributed by atoms with E-state index in [1.54, 1.807) is 11.8 Å². The van der Waals surface area contributed by atoms with E-state index in [-0.39, 0.29) is 11.2 Å². The van der Waals surface area contributed by atoms with E-state index in [1.165, 1.54) is 0 Å². The number of primary amides is 1. The highest BCUT2D eigenvalue weighted by Gasteiger charge is 2.25. The lowest BCUT2D eigenvalue weighted by Crippen LogP contribution is -2.40. The van der Waals surface area contributed by atoms with Crippen LogP contribution in [0.2, 0.25) is 5.28 Å². The molecule has 7 heteroatoms. The molecular weight excluding hydrogens is 272 g/mol. The number of thioether (sulfide) groups is 1. The van der Waals surface area contributed by atoms with Crippen LogP contribution in [0, 0.1) is 5.92 Å². The van der Waals surface area contributed by atoms with Gasteiger partial charge in [-0.25, -0.2) is 4.98 Å². The molecule has 3 N–H and O–H groups in total. The maximum atomic E-state index is 11.4. The number of hydrogen-bond acceptors (Lipinski definition) is 5. The van der Waals surface area contributed by atoms with Crippen molar-refractivity contribution in [3.05, 3.63) is 11.0 Å². The fourth-order valence-corrected chi connectivity index (χ4v) is 3.09. The van der Waals surface area contributed by atoms with E-state index in [0.29, 0.717) is 5.82 Å². The van der Waals surface area contributed by atoms with Crippen LogP contribution in [0.25, 0.3) is 0 Å². The first-order valence-electron chi connectivity index (χ1n) is 5.74. The van der Waals surface area contributed by atoms with Gasteiger partial charge in [0.2, 0.25) is 11.2 Å². The summed E-state index contributed by atoms with van der Waals surface area (Å²) in [5.74, 6) is 1.27. The number of anilines is 1. The number of aromatic nitrogens is 2. The summed E-state index contributed by atoms with van der Waals surface area (Å²) in [7, 11) is 0. The lowest BCUT2D eigenvalue weighted by atomic mass is 10.0. The summed E-state index contributed by atoms with van der Waals surface area (Å²) in [4.78, 5) is 20.7. The molecule has 1 aromatic heterocycles. The minimum absolute atomic E-state index is 0.0818. The van der Waals surface area contributed by atoms with Gasteiger partial charge in [-0.15, -0.1) is 11.8 Å². The van der Waals surface area contributed by atoms with Gasteiger partial charge in [-0.1, -0.05) is 13.8 Å². The lowest BCUT2D eigenvalue weighted by Gasteiger charge is -2.20. The third-order valence-corrected chi connectivity index (χ3v) is 4.05. The molecule has 5 nitrogen and oxygen atoms in total. The SMILES string of the molecule is CC(C)C(Nc1nc(Cl)nc2c1SCC2)C(N)=O. The van der Waals surface area contributed by atoms with Crippen LogP contribution in [0.5, 0.6) is 0 Å². The van der Waals surface area contributed by atoms with E-state index in [2.05, 4.69) is 15.3 Å². The molecule has 1 unspecified atom stereocenters. The van der Waals surface area contributed by atoms with Crippen molar-refractivity contribution in [2.75, 3.05) is 11.1 Å². The highest BCUT2D eigenvalue weighted by molar-refractivity contribution is 7.99. The molecule has 0 spiro atoms. The van der Waals surface area contributed by atoms with Gasteiger partial charge in [-0.2, -0.15) is 4.98 Å². The van der Waals surface area contributed by atoms with Crippen LogP contribution >= 0.6 is 23.4 Å². The van der Waals surface area contributed by atoms with E-state index in [0.717, 1.165) is 22.8 Å². The van der Waals surface area contributed by atoms with E-state index in [9.17, 15) is 4.79 Å². The van der Waals surface area contributed by atoms with Crippen LogP contribution < -0.4 is 11.1 Å². The Morgan fingerprint density at radius 3 is 2.83 bits per heavy atom. The van der Waals surface area contributed by atoms with Gasteiger partial charge in [0.1, 0.15) is 11.9 Å². The Bertz CT molecular complexity index is 480. The molecule has 0 saturated heterocycles. The van der Waals surface area contributed by atoms with Gasteiger partial charge >= 0.3 is 0 Å². The second-order valence-corrected chi connectivity index (χ2v) is 5.93. The minimum Gasteiger partial charge on any atom is -0.368 e. The Morgan fingerprint density at radius 2 is 2.22 bits per heavy atom. The van der Waals surface area contributed by atoms with Crippen LogP contribution in [0.15, 0.2) is 4.90 Å². The number of rotatable bonds is 4. The first kappa shape index (κ1) is 13.4. The number of nitrogens with two attached hydrogens (primary N) is 1. The van der Waals surface area contributed by atoms with Gasteiger partial charge in [0.15, 0.2) is 0 Å². The summed E-state index contributed by atoms with van der Waals surface area (Å²) in [6.45, 7) is 3.86. The molecule has 0 saturated carbocycles. The molecule has 0 bridgehead atoms. The smallest absolute Gasteiger partial charge is 0.240 e. The zero-order valence-corrected chi connectivity index (χ0v) is 11.8. The van der Waals surface area contributed by atoms with E-state index in [1.807, 2.05) is 13.8 Å². The topological polar surface area (TPSA) is 80.9 Å². The van der Waals surface area contributed by atoms with Crippen molar-refractivity contribution in [2.24, 2.45) is 11.7 Å². The monoisotopic (exact) mass is 286 g/mol. The first-order chi connectivity index (χ1) is 8.49. The standard InChI is InChI=1S/C11H15ClN4OS/c1-5(2)7(9(13)17)15-10-8-6(3-4-18-8)14-11(12)16-10/h5,7H,3-4H2,1-2H3,(H2,13,17)(H,14,15,16). The van der Waals surface area contributed by atoms with E-state index < -0.39 is 11.9 Å². The highest BCUT2D eigenvalue weighted by Crippen LogP contribution is 2.36. The van der Waals surface area contributed by atoms with E-state index >= 15 is 0 Å². The van der Waals surface area contributed by atoms with Crippen molar-refractivity contribution in [3.8, 4) is 0 Å². The normalized spacial score (nSPS) is 15.6. The number of carbonyl (C=O) groups excluding carboxylic acids is 1. The van der Waals surface area contributed by atoms with Crippen LogP contribution in [0.4, 0.5) is 5.82 Å². The summed E-state index contributed by atoms with van der Waals surface area (Å²) >= 11 is 7.55. The average molecular weight is 287 g/mol. The molecule has 2 rings (SSSR count). The maximum Gasteiger partial charge on any atom is 0.240 e. The van der Waals surface area contributed by atoms with Crippen molar-refractivity contribution in [1.82, 2.24) is 9.97 Å². The summed E-state index contributed by atoms with van der Waals surface area (Å²) in [6.07, 6.45) is 0.875. The molecule has 0 radical (unpaired) electrons. The van der Waals surface area contributed by atoms with Gasteiger partial charge in [0.05, 0.1) is 10.6 Å². The average Bonchev–Trinajstić information content (AvgIpc) is 2.72. The number of fused-ring (bicyclic) bond motifs is 1. The Balaban J connectivity index is 2.31. The van der Waals surface area contributed by atoms with E-state index in [4.69, 9.17) is 17.3 Å².